The van der Waals surface area contributed by atoms with E-state index in [-0.39, 0.29) is 17.2 Å². The average molecular weight is 411 g/mol. The van der Waals surface area contributed by atoms with E-state index in [9.17, 15) is 9.59 Å². The van der Waals surface area contributed by atoms with Gasteiger partial charge in [0.2, 0.25) is 11.8 Å². The molecule has 0 saturated carbocycles. The molecule has 168 valence electrons. The highest BCUT2D eigenvalue weighted by Crippen LogP contribution is 2.20. The standard InChI is InChI=1S/C22H42N4O3/c1-19(2)29-16-6-7-23-8-10-24(11-9-23)18-21(28)26-14-12-25(13-15-26)20(27)17-22(3,4)5/h19H,6-18H2,1-5H3. The zero-order chi connectivity index (χ0) is 21.4. The van der Waals surface area contributed by atoms with Crippen LogP contribution in [-0.4, -0.2) is 110 Å². The first kappa shape index (κ1) is 24.1. The van der Waals surface area contributed by atoms with Gasteiger partial charge in [0.25, 0.3) is 0 Å². The number of ether oxygens (including phenoxy) is 1. The molecule has 0 aromatic rings. The molecule has 2 heterocycles. The SMILES string of the molecule is CC(C)OCCCN1CCN(CC(=O)N2CCN(C(=O)CC(C)(C)C)CC2)CC1. The van der Waals surface area contributed by atoms with Gasteiger partial charge in [-0.1, -0.05) is 20.8 Å². The summed E-state index contributed by atoms with van der Waals surface area (Å²) in [6.45, 7) is 19.3. The molecular weight excluding hydrogens is 368 g/mol. The van der Waals surface area contributed by atoms with Crippen molar-refractivity contribution in [3.8, 4) is 0 Å². The van der Waals surface area contributed by atoms with Gasteiger partial charge >= 0.3 is 0 Å². The minimum atomic E-state index is 0.00757. The lowest BCUT2D eigenvalue weighted by atomic mass is 9.91. The first-order valence-corrected chi connectivity index (χ1v) is 11.3. The Morgan fingerprint density at radius 2 is 1.34 bits per heavy atom. The van der Waals surface area contributed by atoms with Crippen molar-refractivity contribution in [2.24, 2.45) is 5.41 Å². The van der Waals surface area contributed by atoms with Crippen LogP contribution in [-0.2, 0) is 14.3 Å². The molecule has 0 aliphatic carbocycles. The number of carbonyl (C=O) groups excluding carboxylic acids is 2. The molecule has 2 aliphatic heterocycles. The summed E-state index contributed by atoms with van der Waals surface area (Å²) >= 11 is 0. The number of amides is 2. The molecule has 7 nitrogen and oxygen atoms in total. The van der Waals surface area contributed by atoms with Crippen LogP contribution < -0.4 is 0 Å². The molecule has 0 spiro atoms. The van der Waals surface area contributed by atoms with E-state index in [0.717, 1.165) is 45.8 Å². The van der Waals surface area contributed by atoms with Crippen molar-refractivity contribution in [3.05, 3.63) is 0 Å². The summed E-state index contributed by atoms with van der Waals surface area (Å²) in [4.78, 5) is 33.6. The second kappa shape index (κ2) is 11.3. The van der Waals surface area contributed by atoms with Crippen molar-refractivity contribution in [3.63, 3.8) is 0 Å². The Hall–Kier alpha value is -1.18. The number of hydrogen-bond acceptors (Lipinski definition) is 5. The van der Waals surface area contributed by atoms with E-state index in [2.05, 4.69) is 44.4 Å². The summed E-state index contributed by atoms with van der Waals surface area (Å²) < 4.78 is 5.61. The van der Waals surface area contributed by atoms with Gasteiger partial charge in [-0.2, -0.15) is 0 Å². The smallest absolute Gasteiger partial charge is 0.236 e. The fourth-order valence-electron chi connectivity index (χ4n) is 3.84. The largest absolute Gasteiger partial charge is 0.379 e. The molecule has 2 fully saturated rings. The summed E-state index contributed by atoms with van der Waals surface area (Å²) in [7, 11) is 0. The number of piperazine rings is 2. The molecule has 0 unspecified atom stereocenters. The Kier molecular flexibility index (Phi) is 9.37. The fraction of sp³-hybridized carbons (Fsp3) is 0.909. The maximum atomic E-state index is 12.7. The molecule has 2 saturated heterocycles. The predicted octanol–water partition coefficient (Wildman–Crippen LogP) is 1.53. The third-order valence-electron chi connectivity index (χ3n) is 5.56. The summed E-state index contributed by atoms with van der Waals surface area (Å²) in [6, 6.07) is 0. The normalized spacial score (nSPS) is 19.8. The van der Waals surface area contributed by atoms with E-state index in [1.165, 1.54) is 0 Å². The van der Waals surface area contributed by atoms with E-state index in [4.69, 9.17) is 4.74 Å². The van der Waals surface area contributed by atoms with Gasteiger partial charge in [-0.25, -0.2) is 0 Å². The van der Waals surface area contributed by atoms with E-state index in [1.54, 1.807) is 0 Å². The van der Waals surface area contributed by atoms with Gasteiger partial charge in [0, 0.05) is 71.9 Å². The van der Waals surface area contributed by atoms with Crippen molar-refractivity contribution in [1.82, 2.24) is 19.6 Å². The molecule has 2 rings (SSSR count). The minimum absolute atomic E-state index is 0.00757. The summed E-state index contributed by atoms with van der Waals surface area (Å²) in [6.07, 6.45) is 1.93. The zero-order valence-electron chi connectivity index (χ0n) is 19.3. The van der Waals surface area contributed by atoms with Crippen LogP contribution in [0, 0.1) is 5.41 Å². The predicted molar refractivity (Wildman–Crippen MR) is 116 cm³/mol. The first-order valence-electron chi connectivity index (χ1n) is 11.3. The monoisotopic (exact) mass is 410 g/mol. The summed E-state index contributed by atoms with van der Waals surface area (Å²) in [5, 5.41) is 0. The highest BCUT2D eigenvalue weighted by Gasteiger charge is 2.28. The molecule has 29 heavy (non-hydrogen) atoms. The maximum Gasteiger partial charge on any atom is 0.236 e. The molecule has 2 aliphatic rings. The Morgan fingerprint density at radius 3 is 1.86 bits per heavy atom. The quantitative estimate of drug-likeness (QED) is 0.568. The first-order chi connectivity index (χ1) is 13.6. The Labute approximate surface area is 177 Å². The van der Waals surface area contributed by atoms with Crippen LogP contribution in [0.1, 0.15) is 47.5 Å². The van der Waals surface area contributed by atoms with Crippen molar-refractivity contribution >= 4 is 11.8 Å². The summed E-state index contributed by atoms with van der Waals surface area (Å²) in [5.74, 6) is 0.409. The second-order valence-corrected chi connectivity index (χ2v) is 9.89. The van der Waals surface area contributed by atoms with E-state index in [1.807, 2.05) is 9.80 Å². The lowest BCUT2D eigenvalue weighted by Gasteiger charge is -2.38. The topological polar surface area (TPSA) is 56.3 Å². The van der Waals surface area contributed by atoms with Gasteiger partial charge in [0.05, 0.1) is 12.6 Å². The third kappa shape index (κ3) is 9.01. The van der Waals surface area contributed by atoms with Crippen LogP contribution in [0.5, 0.6) is 0 Å². The van der Waals surface area contributed by atoms with Crippen LogP contribution in [0.2, 0.25) is 0 Å². The highest BCUT2D eigenvalue weighted by molar-refractivity contribution is 5.80. The van der Waals surface area contributed by atoms with Crippen molar-refractivity contribution in [1.29, 1.82) is 0 Å². The number of carbonyl (C=O) groups is 2. The number of hydrogen-bond donors (Lipinski definition) is 0. The summed E-state index contributed by atoms with van der Waals surface area (Å²) in [5.41, 5.74) is 0.00757. The van der Waals surface area contributed by atoms with Crippen molar-refractivity contribution in [2.45, 2.75) is 53.6 Å². The highest BCUT2D eigenvalue weighted by atomic mass is 16.5. The number of nitrogens with zero attached hydrogens (tertiary/aromatic N) is 4. The molecule has 0 N–H and O–H groups in total. The second-order valence-electron chi connectivity index (χ2n) is 9.89. The minimum Gasteiger partial charge on any atom is -0.379 e. The van der Waals surface area contributed by atoms with Gasteiger partial charge in [-0.3, -0.25) is 14.5 Å². The van der Waals surface area contributed by atoms with Crippen molar-refractivity contribution in [2.75, 3.05) is 72.1 Å². The molecule has 7 heteroatoms. The van der Waals surface area contributed by atoms with Crippen LogP contribution in [0.3, 0.4) is 0 Å². The van der Waals surface area contributed by atoms with Gasteiger partial charge in [-0.05, 0) is 25.7 Å². The van der Waals surface area contributed by atoms with Crippen molar-refractivity contribution < 1.29 is 14.3 Å². The lowest BCUT2D eigenvalue weighted by Crippen LogP contribution is -2.54. The third-order valence-corrected chi connectivity index (χ3v) is 5.56. The van der Waals surface area contributed by atoms with Crippen LogP contribution in [0.15, 0.2) is 0 Å². The van der Waals surface area contributed by atoms with E-state index in [0.29, 0.717) is 45.2 Å². The molecule has 0 aromatic heterocycles. The average Bonchev–Trinajstić information content (AvgIpc) is 2.65. The van der Waals surface area contributed by atoms with E-state index >= 15 is 0 Å². The zero-order valence-corrected chi connectivity index (χ0v) is 19.3. The molecule has 0 radical (unpaired) electrons. The van der Waals surface area contributed by atoms with Gasteiger partial charge < -0.3 is 19.4 Å². The lowest BCUT2D eigenvalue weighted by molar-refractivity contribution is -0.141. The van der Waals surface area contributed by atoms with Crippen LogP contribution in [0.4, 0.5) is 0 Å². The Morgan fingerprint density at radius 1 is 0.828 bits per heavy atom. The molecule has 0 aromatic carbocycles. The molecule has 2 amide bonds. The molecule has 0 atom stereocenters. The van der Waals surface area contributed by atoms with Crippen LogP contribution >= 0.6 is 0 Å². The number of rotatable bonds is 8. The van der Waals surface area contributed by atoms with Crippen LogP contribution in [0.25, 0.3) is 0 Å². The fourth-order valence-corrected chi connectivity index (χ4v) is 3.84. The molecular formula is C22H42N4O3. The Balaban J connectivity index is 1.62. The van der Waals surface area contributed by atoms with Gasteiger partial charge in [0.15, 0.2) is 0 Å². The molecule has 0 bridgehead atoms. The Bertz CT molecular complexity index is 517. The van der Waals surface area contributed by atoms with E-state index < -0.39 is 0 Å². The van der Waals surface area contributed by atoms with Gasteiger partial charge in [0.1, 0.15) is 0 Å². The maximum absolute atomic E-state index is 12.7. The van der Waals surface area contributed by atoms with Gasteiger partial charge in [-0.15, -0.1) is 0 Å².